The van der Waals surface area contributed by atoms with Crippen LogP contribution in [0.3, 0.4) is 0 Å². The van der Waals surface area contributed by atoms with Crippen molar-refractivity contribution in [3.8, 4) is 11.5 Å². The Labute approximate surface area is 180 Å². The molecule has 1 spiro atoms. The van der Waals surface area contributed by atoms with Crippen LogP contribution in [0, 0.1) is 0 Å². The Bertz CT molecular complexity index is 713. The van der Waals surface area contributed by atoms with Gasteiger partial charge in [0.1, 0.15) is 6.10 Å². The maximum atomic E-state index is 10.1. The first-order chi connectivity index (χ1) is 12.5. The quantitative estimate of drug-likeness (QED) is 0.727. The molecule has 2 aliphatic heterocycles. The van der Waals surface area contributed by atoms with E-state index in [2.05, 4.69) is 36.0 Å². The van der Waals surface area contributed by atoms with Crippen molar-refractivity contribution in [1.82, 2.24) is 9.80 Å². The molecular weight excluding hydrogens is 399 g/mol. The number of ether oxygens (including phenoxy) is 2. The maximum Gasteiger partial charge on any atom is 0.166 e. The fourth-order valence-corrected chi connectivity index (χ4v) is 4.80. The Morgan fingerprint density at radius 3 is 2.82 bits per heavy atom. The first-order valence-electron chi connectivity index (χ1n) is 9.65. The van der Waals surface area contributed by atoms with Crippen LogP contribution >= 0.6 is 24.8 Å². The van der Waals surface area contributed by atoms with Crippen LogP contribution in [0.5, 0.6) is 11.5 Å². The maximum absolute atomic E-state index is 10.1. The van der Waals surface area contributed by atoms with E-state index in [0.717, 1.165) is 44.1 Å². The molecule has 7 heteroatoms. The van der Waals surface area contributed by atoms with E-state index in [1.165, 1.54) is 17.5 Å². The van der Waals surface area contributed by atoms with E-state index in [0.29, 0.717) is 6.42 Å². The van der Waals surface area contributed by atoms with Gasteiger partial charge < -0.3 is 19.5 Å². The Balaban J connectivity index is 0.00000140. The number of benzene rings is 1. The van der Waals surface area contributed by atoms with Crippen LogP contribution in [-0.4, -0.2) is 68.0 Å². The minimum absolute atomic E-state index is 0. The second-order valence-corrected chi connectivity index (χ2v) is 8.12. The fourth-order valence-electron chi connectivity index (χ4n) is 4.80. The van der Waals surface area contributed by atoms with Gasteiger partial charge in [-0.05, 0) is 58.2 Å². The smallest absolute Gasteiger partial charge is 0.166 e. The zero-order valence-electron chi connectivity index (χ0n) is 16.9. The van der Waals surface area contributed by atoms with Crippen LogP contribution in [0.15, 0.2) is 24.3 Å². The number of methoxy groups -OCH3 is 1. The molecule has 0 saturated heterocycles. The van der Waals surface area contributed by atoms with Crippen LogP contribution in [0.4, 0.5) is 0 Å². The number of rotatable bonds is 5. The number of hydrogen-bond acceptors (Lipinski definition) is 5. The number of aliphatic hydroxyl groups is 1. The third-order valence-corrected chi connectivity index (χ3v) is 6.11. The molecule has 1 N–H and O–H groups in total. The van der Waals surface area contributed by atoms with Gasteiger partial charge >= 0.3 is 0 Å². The number of hydrogen-bond donors (Lipinski definition) is 1. The normalized spacial score (nSPS) is 27.8. The van der Waals surface area contributed by atoms with Gasteiger partial charge in [0.15, 0.2) is 11.5 Å². The van der Waals surface area contributed by atoms with E-state index in [4.69, 9.17) is 9.47 Å². The molecule has 0 aromatic heterocycles. The molecular formula is C21H32Cl2N2O3. The summed E-state index contributed by atoms with van der Waals surface area (Å²) < 4.78 is 11.9. The lowest BCUT2D eigenvalue weighted by molar-refractivity contribution is 0.0808. The van der Waals surface area contributed by atoms with E-state index in [1.807, 2.05) is 12.1 Å². The molecule has 1 aliphatic carbocycles. The van der Waals surface area contributed by atoms with Crippen molar-refractivity contribution in [2.75, 3.05) is 40.8 Å². The molecule has 0 bridgehead atoms. The average molecular weight is 431 g/mol. The summed E-state index contributed by atoms with van der Waals surface area (Å²) in [6, 6.07) is 4.23. The van der Waals surface area contributed by atoms with E-state index >= 15 is 0 Å². The van der Waals surface area contributed by atoms with Gasteiger partial charge in [0.25, 0.3) is 0 Å². The summed E-state index contributed by atoms with van der Waals surface area (Å²) in [6.45, 7) is 4.21. The van der Waals surface area contributed by atoms with Crippen LogP contribution in [0.1, 0.15) is 30.4 Å². The number of nitrogens with zero attached hydrogens (tertiary/aromatic N) is 2. The lowest BCUT2D eigenvalue weighted by Gasteiger charge is -2.36. The lowest BCUT2D eigenvalue weighted by atomic mass is 9.69. The molecule has 0 fully saturated rings. The van der Waals surface area contributed by atoms with Gasteiger partial charge in [-0.25, -0.2) is 0 Å². The third kappa shape index (κ3) is 4.01. The van der Waals surface area contributed by atoms with Crippen molar-refractivity contribution in [2.24, 2.45) is 0 Å². The lowest BCUT2D eigenvalue weighted by Crippen LogP contribution is -2.43. The molecule has 158 valence electrons. The molecule has 4 rings (SSSR count). The summed E-state index contributed by atoms with van der Waals surface area (Å²) in [6.07, 6.45) is 6.59. The minimum Gasteiger partial charge on any atom is -0.493 e. The van der Waals surface area contributed by atoms with Gasteiger partial charge in [-0.2, -0.15) is 0 Å². The molecule has 0 amide bonds. The van der Waals surface area contributed by atoms with Gasteiger partial charge in [-0.1, -0.05) is 18.2 Å². The highest BCUT2D eigenvalue weighted by Crippen LogP contribution is 2.55. The van der Waals surface area contributed by atoms with Crippen LogP contribution in [0.25, 0.3) is 0 Å². The van der Waals surface area contributed by atoms with E-state index < -0.39 is 6.10 Å². The van der Waals surface area contributed by atoms with Gasteiger partial charge in [0.2, 0.25) is 0 Å². The minimum atomic E-state index is -0.422. The van der Waals surface area contributed by atoms with Crippen molar-refractivity contribution in [3.63, 3.8) is 0 Å². The molecule has 28 heavy (non-hydrogen) atoms. The summed E-state index contributed by atoms with van der Waals surface area (Å²) >= 11 is 0. The monoisotopic (exact) mass is 430 g/mol. The second-order valence-electron chi connectivity index (χ2n) is 8.12. The van der Waals surface area contributed by atoms with Crippen LogP contribution in [-0.2, 0) is 12.0 Å². The molecule has 3 aliphatic rings. The molecule has 2 heterocycles. The predicted molar refractivity (Wildman–Crippen MR) is 116 cm³/mol. The summed E-state index contributed by atoms with van der Waals surface area (Å²) in [5.74, 6) is 1.70. The van der Waals surface area contributed by atoms with Gasteiger partial charge in [-0.3, -0.25) is 4.90 Å². The standard InChI is InChI=1S/C21H30N2O3.2ClH/c1-22(2)10-4-11-23-12-9-21-8-7-16(24)13-18(21)26-20-17(25-3)6-5-15(14-23)19(20)21;;/h5-8,16,18,24H,4,9-14H2,1-3H3;2*1H/t16?,18-,21?;;/m1../s1. The SMILES string of the molecule is COc1ccc2c3c1O[C@@H]1CC(O)C=CC31CCN(CCCN(C)C)C2.Cl.Cl. The molecule has 1 aromatic rings. The van der Waals surface area contributed by atoms with Crippen molar-refractivity contribution in [2.45, 2.75) is 43.4 Å². The zero-order valence-corrected chi connectivity index (χ0v) is 18.5. The fraction of sp³-hybridized carbons (Fsp3) is 0.619. The van der Waals surface area contributed by atoms with Gasteiger partial charge in [0, 0.05) is 18.5 Å². The largest absolute Gasteiger partial charge is 0.493 e. The zero-order chi connectivity index (χ0) is 18.3. The van der Waals surface area contributed by atoms with E-state index in [1.54, 1.807) is 7.11 Å². The van der Waals surface area contributed by atoms with Gasteiger partial charge in [-0.15, -0.1) is 24.8 Å². The van der Waals surface area contributed by atoms with E-state index in [-0.39, 0.29) is 36.3 Å². The number of halogens is 2. The van der Waals surface area contributed by atoms with Crippen molar-refractivity contribution < 1.29 is 14.6 Å². The highest BCUT2D eigenvalue weighted by molar-refractivity contribution is 5.85. The van der Waals surface area contributed by atoms with Crippen molar-refractivity contribution in [3.05, 3.63) is 35.4 Å². The van der Waals surface area contributed by atoms with Crippen molar-refractivity contribution in [1.29, 1.82) is 0 Å². The highest BCUT2D eigenvalue weighted by Gasteiger charge is 2.52. The molecule has 3 atom stereocenters. The summed E-state index contributed by atoms with van der Waals surface area (Å²) in [5, 5.41) is 10.1. The topological polar surface area (TPSA) is 45.2 Å². The van der Waals surface area contributed by atoms with Crippen LogP contribution < -0.4 is 9.47 Å². The Hall–Kier alpha value is -0.980. The second kappa shape index (κ2) is 9.23. The van der Waals surface area contributed by atoms with Crippen molar-refractivity contribution >= 4 is 24.8 Å². The average Bonchev–Trinajstić information content (AvgIpc) is 2.85. The summed E-state index contributed by atoms with van der Waals surface area (Å²) in [5.41, 5.74) is 2.50. The molecule has 5 nitrogen and oxygen atoms in total. The number of aliphatic hydroxyl groups excluding tert-OH is 1. The Kier molecular flexibility index (Phi) is 7.68. The molecule has 1 aromatic carbocycles. The summed E-state index contributed by atoms with van der Waals surface area (Å²) in [7, 11) is 5.96. The third-order valence-electron chi connectivity index (χ3n) is 6.11. The molecule has 2 unspecified atom stereocenters. The van der Waals surface area contributed by atoms with Gasteiger partial charge in [0.05, 0.1) is 18.6 Å². The Morgan fingerprint density at radius 2 is 2.11 bits per heavy atom. The van der Waals surface area contributed by atoms with E-state index in [9.17, 15) is 5.11 Å². The molecule has 0 radical (unpaired) electrons. The molecule has 0 saturated carbocycles. The first-order valence-corrected chi connectivity index (χ1v) is 9.65. The summed E-state index contributed by atoms with van der Waals surface area (Å²) in [4.78, 5) is 4.81. The first kappa shape index (κ1) is 23.3. The predicted octanol–water partition coefficient (Wildman–Crippen LogP) is 3.02. The highest BCUT2D eigenvalue weighted by atomic mass is 35.5. The Morgan fingerprint density at radius 1 is 1.32 bits per heavy atom. The van der Waals surface area contributed by atoms with Crippen LogP contribution in [0.2, 0.25) is 0 Å².